The van der Waals surface area contributed by atoms with Gasteiger partial charge in [-0.3, -0.25) is 4.90 Å². The van der Waals surface area contributed by atoms with E-state index in [0.717, 1.165) is 5.56 Å². The largest absolute Gasteiger partial charge is 0.444 e. The Hall–Kier alpha value is -2.55. The van der Waals surface area contributed by atoms with E-state index in [1.54, 1.807) is 17.0 Å². The van der Waals surface area contributed by atoms with Gasteiger partial charge in [-0.05, 0) is 83.5 Å². The third-order valence-electron chi connectivity index (χ3n) is 5.55. The van der Waals surface area contributed by atoms with Crippen molar-refractivity contribution in [2.24, 2.45) is 0 Å². The van der Waals surface area contributed by atoms with Crippen LogP contribution in [0, 0.1) is 5.82 Å². The summed E-state index contributed by atoms with van der Waals surface area (Å²) in [4.78, 5) is 16.8. The van der Waals surface area contributed by atoms with E-state index in [0.29, 0.717) is 18.9 Å². The third-order valence-corrected chi connectivity index (χ3v) is 5.55. The Bertz CT molecular complexity index is 931. The first-order chi connectivity index (χ1) is 14.8. The second kappa shape index (κ2) is 8.77. The van der Waals surface area contributed by atoms with E-state index in [1.807, 2.05) is 53.1 Å². The number of piperazine rings is 1. The summed E-state index contributed by atoms with van der Waals surface area (Å²) in [7, 11) is 0. The normalized spacial score (nSPS) is 21.5. The number of halogens is 1. The number of carbonyl (C=O) groups is 1. The molecule has 176 valence electrons. The molecule has 1 amide bonds. The van der Waals surface area contributed by atoms with Crippen molar-refractivity contribution in [2.45, 2.75) is 84.7 Å². The Balaban J connectivity index is 1.97. The van der Waals surface area contributed by atoms with Gasteiger partial charge in [0.25, 0.3) is 0 Å². The van der Waals surface area contributed by atoms with Crippen molar-refractivity contribution < 1.29 is 13.9 Å². The molecule has 1 saturated heterocycles. The van der Waals surface area contributed by atoms with Crippen LogP contribution in [0.15, 0.2) is 24.3 Å². The zero-order valence-electron chi connectivity index (χ0n) is 20.3. The third kappa shape index (κ3) is 5.26. The first-order valence-corrected chi connectivity index (χ1v) is 11.1. The van der Waals surface area contributed by atoms with Gasteiger partial charge in [-0.15, -0.1) is 5.10 Å². The lowest BCUT2D eigenvalue weighted by Crippen LogP contribution is -2.59. The number of amides is 1. The van der Waals surface area contributed by atoms with Crippen molar-refractivity contribution >= 4 is 6.09 Å². The quantitative estimate of drug-likeness (QED) is 0.710. The molecule has 0 aliphatic carbocycles. The van der Waals surface area contributed by atoms with Crippen LogP contribution in [-0.4, -0.2) is 66.9 Å². The van der Waals surface area contributed by atoms with E-state index in [4.69, 9.17) is 4.74 Å². The van der Waals surface area contributed by atoms with Crippen LogP contribution in [0.4, 0.5) is 9.18 Å². The fraction of sp³-hybridized carbons (Fsp3) is 0.652. The highest BCUT2D eigenvalue weighted by atomic mass is 19.1. The molecule has 2 aromatic rings. The van der Waals surface area contributed by atoms with Gasteiger partial charge in [0.2, 0.25) is 0 Å². The number of benzene rings is 1. The molecule has 1 aliphatic heterocycles. The van der Waals surface area contributed by atoms with Gasteiger partial charge in [0.05, 0.1) is 11.6 Å². The Morgan fingerprint density at radius 3 is 2.25 bits per heavy atom. The molecule has 0 N–H and O–H groups in total. The number of carbonyl (C=O) groups excluding carboxylic acids is 1. The van der Waals surface area contributed by atoms with Gasteiger partial charge in [0, 0.05) is 25.2 Å². The average molecular weight is 447 g/mol. The van der Waals surface area contributed by atoms with Crippen molar-refractivity contribution in [1.29, 1.82) is 0 Å². The minimum atomic E-state index is -0.553. The van der Waals surface area contributed by atoms with E-state index < -0.39 is 5.60 Å². The highest BCUT2D eigenvalue weighted by Crippen LogP contribution is 2.34. The summed E-state index contributed by atoms with van der Waals surface area (Å²) in [5.41, 5.74) is 0.0175. The summed E-state index contributed by atoms with van der Waals surface area (Å²) in [5.74, 6) is 0.396. The predicted octanol–water partition coefficient (Wildman–Crippen LogP) is 3.99. The first kappa shape index (κ1) is 24.1. The van der Waals surface area contributed by atoms with Crippen molar-refractivity contribution in [3.8, 4) is 0 Å². The van der Waals surface area contributed by atoms with E-state index >= 15 is 0 Å². The molecule has 3 atom stereocenters. The summed E-state index contributed by atoms with van der Waals surface area (Å²) in [5, 5.41) is 12.6. The van der Waals surface area contributed by atoms with E-state index in [2.05, 4.69) is 27.3 Å². The van der Waals surface area contributed by atoms with Gasteiger partial charge >= 0.3 is 6.09 Å². The zero-order chi connectivity index (χ0) is 23.8. The van der Waals surface area contributed by atoms with Crippen LogP contribution >= 0.6 is 0 Å². The fourth-order valence-corrected chi connectivity index (χ4v) is 4.06. The fourth-order valence-electron chi connectivity index (χ4n) is 4.06. The van der Waals surface area contributed by atoms with E-state index in [1.165, 1.54) is 12.1 Å². The highest BCUT2D eigenvalue weighted by Gasteiger charge is 2.40. The first-order valence-electron chi connectivity index (χ1n) is 11.1. The molecule has 0 saturated carbocycles. The molecule has 1 fully saturated rings. The molecular formula is C23H35FN6O2. The number of hydrogen-bond acceptors (Lipinski definition) is 6. The van der Waals surface area contributed by atoms with Crippen molar-refractivity contribution in [2.75, 3.05) is 13.1 Å². The monoisotopic (exact) mass is 446 g/mol. The Morgan fingerprint density at radius 1 is 1.06 bits per heavy atom. The maximum absolute atomic E-state index is 13.7. The molecule has 2 unspecified atom stereocenters. The number of hydrogen-bond donors (Lipinski definition) is 0. The molecule has 0 spiro atoms. The summed E-state index contributed by atoms with van der Waals surface area (Å²) in [6.45, 7) is 16.9. The van der Waals surface area contributed by atoms with Gasteiger partial charge in [-0.2, -0.15) is 0 Å². The lowest BCUT2D eigenvalue weighted by molar-refractivity contribution is -0.0177. The number of aromatic nitrogens is 4. The Kier molecular flexibility index (Phi) is 6.60. The minimum Gasteiger partial charge on any atom is -0.444 e. The van der Waals surface area contributed by atoms with Gasteiger partial charge in [-0.25, -0.2) is 13.9 Å². The number of ether oxygens (including phenoxy) is 1. The molecule has 2 heterocycles. The smallest absolute Gasteiger partial charge is 0.410 e. The van der Waals surface area contributed by atoms with E-state index in [-0.39, 0.29) is 35.6 Å². The summed E-state index contributed by atoms with van der Waals surface area (Å²) in [6, 6.07) is 6.10. The summed E-state index contributed by atoms with van der Waals surface area (Å²) < 4.78 is 21.1. The summed E-state index contributed by atoms with van der Waals surface area (Å²) in [6.07, 6.45) is -0.311. The lowest BCUT2D eigenvalue weighted by Gasteiger charge is -2.47. The molecule has 8 nitrogen and oxygen atoms in total. The lowest BCUT2D eigenvalue weighted by atomic mass is 9.98. The van der Waals surface area contributed by atoms with Crippen LogP contribution < -0.4 is 0 Å². The maximum atomic E-state index is 13.7. The molecule has 3 rings (SSSR count). The molecule has 1 aliphatic rings. The molecule has 1 aromatic heterocycles. The minimum absolute atomic E-state index is 0.00103. The Labute approximate surface area is 189 Å². The second-order valence-electron chi connectivity index (χ2n) is 10.6. The van der Waals surface area contributed by atoms with Crippen molar-refractivity contribution in [3.05, 3.63) is 41.5 Å². The molecule has 32 heavy (non-hydrogen) atoms. The number of tetrazole rings is 1. The molecule has 0 radical (unpaired) electrons. The second-order valence-corrected chi connectivity index (χ2v) is 10.6. The number of rotatable bonds is 3. The highest BCUT2D eigenvalue weighted by molar-refractivity contribution is 5.68. The molecule has 1 aromatic carbocycles. The Morgan fingerprint density at radius 2 is 1.69 bits per heavy atom. The van der Waals surface area contributed by atoms with Crippen LogP contribution in [-0.2, 0) is 10.3 Å². The molecule has 9 heteroatoms. The predicted molar refractivity (Wildman–Crippen MR) is 120 cm³/mol. The van der Waals surface area contributed by atoms with Crippen molar-refractivity contribution in [3.63, 3.8) is 0 Å². The topological polar surface area (TPSA) is 76.4 Å². The molecular weight excluding hydrogens is 411 g/mol. The number of nitrogens with zero attached hydrogens (tertiary/aromatic N) is 6. The SMILES string of the molecule is CC1CN(C(=O)OC(C)(C)C)[C@@H](C)CN1C(c1ccc(F)cc1)c1nnnn1C(C)(C)C. The van der Waals surface area contributed by atoms with Crippen LogP contribution in [0.3, 0.4) is 0 Å². The summed E-state index contributed by atoms with van der Waals surface area (Å²) >= 11 is 0. The van der Waals surface area contributed by atoms with Gasteiger partial charge in [0.1, 0.15) is 11.4 Å². The van der Waals surface area contributed by atoms with Gasteiger partial charge < -0.3 is 9.64 Å². The zero-order valence-corrected chi connectivity index (χ0v) is 20.3. The van der Waals surface area contributed by atoms with Crippen LogP contribution in [0.2, 0.25) is 0 Å². The van der Waals surface area contributed by atoms with Gasteiger partial charge in [-0.1, -0.05) is 12.1 Å². The van der Waals surface area contributed by atoms with Gasteiger partial charge in [0.15, 0.2) is 5.82 Å². The molecule has 0 bridgehead atoms. The maximum Gasteiger partial charge on any atom is 0.410 e. The van der Waals surface area contributed by atoms with Crippen LogP contribution in [0.5, 0.6) is 0 Å². The average Bonchev–Trinajstić information content (AvgIpc) is 3.14. The standard InChI is InChI=1S/C23H35FN6O2/c1-15-14-29(21(31)32-23(6,7)8)16(2)13-28(15)19(17-9-11-18(24)12-10-17)20-25-26-27-30(20)22(3,4)5/h9-12,15-16,19H,13-14H2,1-8H3/t15?,16-,19?/m0/s1. The van der Waals surface area contributed by atoms with Crippen LogP contribution in [0.25, 0.3) is 0 Å². The van der Waals surface area contributed by atoms with E-state index in [9.17, 15) is 9.18 Å². The van der Waals surface area contributed by atoms with Crippen LogP contribution in [0.1, 0.15) is 72.8 Å². The van der Waals surface area contributed by atoms with Crippen molar-refractivity contribution in [1.82, 2.24) is 30.0 Å².